The molecule has 12 heteroatoms. The zero-order chi connectivity index (χ0) is 39.5. The Morgan fingerprint density at radius 1 is 0.945 bits per heavy atom. The summed E-state index contributed by atoms with van der Waals surface area (Å²) in [5, 5.41) is 23.6. The molecule has 1 spiro atoms. The molecule has 4 aromatic rings. The molecule has 11 nitrogen and oxygen atoms in total. The smallest absolute Gasteiger partial charge is 0.264 e. The van der Waals surface area contributed by atoms with E-state index in [1.807, 2.05) is 66.7 Å². The summed E-state index contributed by atoms with van der Waals surface area (Å²) < 4.78 is 18.4. The molecule has 0 bridgehead atoms. The number of aliphatic hydroxyl groups is 2. The molecule has 2 aliphatic rings. The molecule has 55 heavy (non-hydrogen) atoms. The maximum absolute atomic E-state index is 15.3. The SMILES string of the molecule is COc1ccc([Si](C)(C)[C@H]2[C@H](CC(=O)N(CCO)Cc3ccccc3)O[C@@]3(C(=O)N(Cc4cccc(NC(=O)[C@H](C)O)c4)c4ccc(OC)cc43)[C@@H]2C)cc1. The first-order valence-corrected chi connectivity index (χ1v) is 21.7. The third kappa shape index (κ3) is 7.77. The number of benzene rings is 4. The van der Waals surface area contributed by atoms with Crippen LogP contribution in [0.15, 0.2) is 97.1 Å². The van der Waals surface area contributed by atoms with Crippen molar-refractivity contribution in [3.8, 4) is 11.5 Å². The molecule has 5 atom stereocenters. The molecule has 2 heterocycles. The Morgan fingerprint density at radius 3 is 2.27 bits per heavy atom. The van der Waals surface area contributed by atoms with E-state index in [9.17, 15) is 19.8 Å². The van der Waals surface area contributed by atoms with Crippen LogP contribution in [0, 0.1) is 5.92 Å². The van der Waals surface area contributed by atoms with Crippen molar-refractivity contribution in [1.29, 1.82) is 0 Å². The Kier molecular flexibility index (Phi) is 11.8. The van der Waals surface area contributed by atoms with Crippen molar-refractivity contribution < 1.29 is 38.8 Å². The highest BCUT2D eigenvalue weighted by molar-refractivity contribution is 6.91. The number of ether oxygens (including phenoxy) is 3. The number of fused-ring (bicyclic) bond motifs is 2. The number of amides is 3. The lowest BCUT2D eigenvalue weighted by Crippen LogP contribution is -2.52. The first-order valence-electron chi connectivity index (χ1n) is 18.7. The first-order chi connectivity index (χ1) is 26.3. The molecule has 1 fully saturated rings. The van der Waals surface area contributed by atoms with E-state index in [4.69, 9.17) is 14.2 Å². The van der Waals surface area contributed by atoms with E-state index < -0.39 is 31.8 Å². The Labute approximate surface area is 323 Å². The van der Waals surface area contributed by atoms with Crippen molar-refractivity contribution in [3.63, 3.8) is 0 Å². The molecule has 1 saturated heterocycles. The molecule has 2 aliphatic heterocycles. The van der Waals surface area contributed by atoms with Gasteiger partial charge in [-0.25, -0.2) is 0 Å². The van der Waals surface area contributed by atoms with E-state index in [2.05, 4.69) is 37.5 Å². The summed E-state index contributed by atoms with van der Waals surface area (Å²) in [5.41, 5.74) is 1.94. The van der Waals surface area contributed by atoms with Crippen molar-refractivity contribution in [2.45, 2.75) is 69.8 Å². The third-order valence-corrected chi connectivity index (χ3v) is 15.6. The van der Waals surface area contributed by atoms with E-state index in [1.165, 1.54) is 6.92 Å². The minimum Gasteiger partial charge on any atom is -0.497 e. The number of methoxy groups -OCH3 is 2. The zero-order valence-electron chi connectivity index (χ0n) is 32.3. The van der Waals surface area contributed by atoms with Gasteiger partial charge in [-0.2, -0.15) is 0 Å². The van der Waals surface area contributed by atoms with Crippen LogP contribution in [0.4, 0.5) is 11.4 Å². The number of hydrogen-bond acceptors (Lipinski definition) is 8. The molecule has 3 amide bonds. The number of carbonyl (C=O) groups is 3. The number of rotatable bonds is 14. The van der Waals surface area contributed by atoms with Crippen LogP contribution in [0.1, 0.15) is 37.0 Å². The molecular weight excluding hydrogens is 715 g/mol. The summed E-state index contributed by atoms with van der Waals surface area (Å²) in [6.45, 7) is 8.49. The van der Waals surface area contributed by atoms with Crippen molar-refractivity contribution in [1.82, 2.24) is 4.90 Å². The van der Waals surface area contributed by atoms with Crippen LogP contribution in [0.3, 0.4) is 0 Å². The van der Waals surface area contributed by atoms with Crippen LogP contribution in [-0.4, -0.2) is 80.5 Å². The molecule has 0 aromatic heterocycles. The largest absolute Gasteiger partial charge is 0.497 e. The topological polar surface area (TPSA) is 138 Å². The van der Waals surface area contributed by atoms with Gasteiger partial charge in [0.25, 0.3) is 11.8 Å². The van der Waals surface area contributed by atoms with Crippen molar-refractivity contribution in [3.05, 3.63) is 114 Å². The van der Waals surface area contributed by atoms with Crippen LogP contribution in [-0.2, 0) is 37.8 Å². The average molecular weight is 766 g/mol. The molecule has 0 saturated carbocycles. The lowest BCUT2D eigenvalue weighted by molar-refractivity contribution is -0.150. The van der Waals surface area contributed by atoms with Gasteiger partial charge >= 0.3 is 0 Å². The van der Waals surface area contributed by atoms with E-state index >= 15 is 4.79 Å². The summed E-state index contributed by atoms with van der Waals surface area (Å²) in [6.07, 6.45) is -1.79. The fourth-order valence-corrected chi connectivity index (χ4v) is 12.5. The van der Waals surface area contributed by atoms with E-state index in [0.29, 0.717) is 29.2 Å². The molecule has 6 rings (SSSR count). The average Bonchev–Trinajstić information content (AvgIpc) is 3.60. The Balaban J connectivity index is 1.42. The number of anilines is 2. The van der Waals surface area contributed by atoms with Gasteiger partial charge in [0.15, 0.2) is 5.60 Å². The Hall–Kier alpha value is -5.01. The normalized spacial score (nSPS) is 21.0. The number of aliphatic hydroxyl groups excluding tert-OH is 2. The minimum absolute atomic E-state index is 0.0216. The minimum atomic E-state index is -2.56. The van der Waals surface area contributed by atoms with Gasteiger partial charge in [-0.3, -0.25) is 14.4 Å². The quantitative estimate of drug-likeness (QED) is 0.149. The molecular formula is C43H51N3O8Si. The second kappa shape index (κ2) is 16.4. The van der Waals surface area contributed by atoms with Gasteiger partial charge in [0.05, 0.1) is 53.7 Å². The van der Waals surface area contributed by atoms with Gasteiger partial charge in [0.2, 0.25) is 5.91 Å². The predicted octanol–water partition coefficient (Wildman–Crippen LogP) is 5.20. The Morgan fingerprint density at radius 2 is 1.62 bits per heavy atom. The van der Waals surface area contributed by atoms with Gasteiger partial charge in [0, 0.05) is 30.3 Å². The first kappa shape index (κ1) is 39.7. The Bertz CT molecular complexity index is 2010. The number of hydrogen-bond donors (Lipinski definition) is 3. The summed E-state index contributed by atoms with van der Waals surface area (Å²) in [6, 6.07) is 30.5. The molecule has 3 N–H and O–H groups in total. The van der Waals surface area contributed by atoms with Crippen molar-refractivity contribution in [2.75, 3.05) is 37.6 Å². The lowest BCUT2D eigenvalue weighted by atomic mass is 9.82. The highest BCUT2D eigenvalue weighted by atomic mass is 28.3. The second-order valence-electron chi connectivity index (χ2n) is 15.0. The summed E-state index contributed by atoms with van der Waals surface area (Å²) >= 11 is 0. The van der Waals surface area contributed by atoms with Gasteiger partial charge in [-0.15, -0.1) is 0 Å². The third-order valence-electron chi connectivity index (χ3n) is 11.3. The van der Waals surface area contributed by atoms with Gasteiger partial charge < -0.3 is 39.5 Å². The maximum Gasteiger partial charge on any atom is 0.264 e. The highest BCUT2D eigenvalue weighted by Crippen LogP contribution is 2.60. The molecule has 0 unspecified atom stereocenters. The fraction of sp³-hybridized carbons (Fsp3) is 0.372. The number of nitrogens with one attached hydrogen (secondary N) is 1. The molecule has 290 valence electrons. The lowest BCUT2D eigenvalue weighted by Gasteiger charge is -2.37. The zero-order valence-corrected chi connectivity index (χ0v) is 33.3. The molecule has 0 radical (unpaired) electrons. The van der Waals surface area contributed by atoms with Crippen LogP contribution >= 0.6 is 0 Å². The fourth-order valence-electron chi connectivity index (χ4n) is 8.47. The summed E-state index contributed by atoms with van der Waals surface area (Å²) in [7, 11) is 0.657. The summed E-state index contributed by atoms with van der Waals surface area (Å²) in [5.74, 6) is 0.0138. The van der Waals surface area contributed by atoms with E-state index in [-0.39, 0.29) is 49.4 Å². The highest BCUT2D eigenvalue weighted by Gasteiger charge is 2.66. The van der Waals surface area contributed by atoms with Crippen LogP contribution < -0.4 is 24.9 Å². The monoisotopic (exact) mass is 765 g/mol. The maximum atomic E-state index is 15.3. The van der Waals surface area contributed by atoms with Crippen LogP contribution in [0.5, 0.6) is 11.5 Å². The van der Waals surface area contributed by atoms with Crippen LogP contribution in [0.2, 0.25) is 18.6 Å². The molecule has 0 aliphatic carbocycles. The van der Waals surface area contributed by atoms with Gasteiger partial charge in [-0.1, -0.05) is 79.8 Å². The van der Waals surface area contributed by atoms with E-state index in [0.717, 1.165) is 22.1 Å². The van der Waals surface area contributed by atoms with E-state index in [1.54, 1.807) is 42.2 Å². The predicted molar refractivity (Wildman–Crippen MR) is 214 cm³/mol. The number of nitrogens with zero attached hydrogens (tertiary/aromatic N) is 2. The standard InChI is InChI=1S/C43H51N3O8Si/c1-28-40(55(5,6)35-18-15-33(52-3)16-19-35)38(25-39(49)45(21-22-47)26-30-11-8-7-9-12-30)54-43(28)36-24-34(53-4)17-20-37(36)46(42(43)51)27-31-13-10-14-32(23-31)44-41(50)29(2)48/h7-20,23-24,28-29,38,40,47-48H,21-22,25-27H2,1-6H3,(H,44,50)/t28-,29+,38+,40-,43+/m1/s1. The van der Waals surface area contributed by atoms with Crippen molar-refractivity contribution >= 4 is 42.4 Å². The summed E-state index contributed by atoms with van der Waals surface area (Å²) in [4.78, 5) is 45.3. The molecule has 4 aromatic carbocycles. The number of carbonyl (C=O) groups excluding carboxylic acids is 3. The van der Waals surface area contributed by atoms with Gasteiger partial charge in [-0.05, 0) is 66.1 Å². The second-order valence-corrected chi connectivity index (χ2v) is 19.7. The van der Waals surface area contributed by atoms with Crippen LogP contribution in [0.25, 0.3) is 0 Å². The van der Waals surface area contributed by atoms with Crippen molar-refractivity contribution in [2.24, 2.45) is 5.92 Å². The van der Waals surface area contributed by atoms with Gasteiger partial charge in [0.1, 0.15) is 17.6 Å².